The van der Waals surface area contributed by atoms with Crippen molar-refractivity contribution in [3.8, 4) is 5.75 Å². The average molecular weight is 298 g/mol. The number of rotatable bonds is 5. The molecule has 1 aliphatic heterocycles. The van der Waals surface area contributed by atoms with Gasteiger partial charge in [-0.2, -0.15) is 0 Å². The van der Waals surface area contributed by atoms with E-state index in [2.05, 4.69) is 4.90 Å². The van der Waals surface area contributed by atoms with E-state index in [0.717, 1.165) is 37.4 Å². The first kappa shape index (κ1) is 15.1. The number of nitrogens with zero attached hydrogens (tertiary/aromatic N) is 1. The Hall–Kier alpha value is -1.27. The van der Waals surface area contributed by atoms with Crippen molar-refractivity contribution >= 4 is 15.5 Å². The molecular weight excluding hydrogens is 276 g/mol. The van der Waals surface area contributed by atoms with E-state index in [-0.39, 0.29) is 5.75 Å². The standard InChI is InChI=1S/C14H22N2O3S/c15-13-3-5-14(6-4-13)19-10-1-7-16-8-2-11-20(17,18)12-9-16/h3-6H,1-2,7-12,15H2. The van der Waals surface area contributed by atoms with Crippen LogP contribution in [0.25, 0.3) is 0 Å². The van der Waals surface area contributed by atoms with Gasteiger partial charge >= 0.3 is 0 Å². The van der Waals surface area contributed by atoms with E-state index in [4.69, 9.17) is 10.5 Å². The predicted molar refractivity (Wildman–Crippen MR) is 80.7 cm³/mol. The van der Waals surface area contributed by atoms with Crippen LogP contribution in [0.1, 0.15) is 12.8 Å². The number of hydrogen-bond acceptors (Lipinski definition) is 5. The van der Waals surface area contributed by atoms with E-state index in [1.807, 2.05) is 24.3 Å². The first-order valence-electron chi connectivity index (χ1n) is 6.96. The van der Waals surface area contributed by atoms with Crippen LogP contribution < -0.4 is 10.5 Å². The molecule has 1 aliphatic rings. The van der Waals surface area contributed by atoms with Crippen LogP contribution in [0.3, 0.4) is 0 Å². The summed E-state index contributed by atoms with van der Waals surface area (Å²) in [7, 11) is -2.81. The fourth-order valence-electron chi connectivity index (χ4n) is 2.26. The summed E-state index contributed by atoms with van der Waals surface area (Å²) in [5.41, 5.74) is 6.33. The Morgan fingerprint density at radius 3 is 2.65 bits per heavy atom. The second-order valence-electron chi connectivity index (χ2n) is 5.12. The van der Waals surface area contributed by atoms with Gasteiger partial charge in [-0.15, -0.1) is 0 Å². The van der Waals surface area contributed by atoms with E-state index >= 15 is 0 Å². The third-order valence-electron chi connectivity index (χ3n) is 3.42. The molecule has 0 amide bonds. The maximum absolute atomic E-state index is 11.5. The molecule has 1 aromatic rings. The molecular formula is C14H22N2O3S. The Morgan fingerprint density at radius 1 is 1.15 bits per heavy atom. The number of benzene rings is 1. The van der Waals surface area contributed by atoms with E-state index in [9.17, 15) is 8.42 Å². The number of hydrogen-bond donors (Lipinski definition) is 1. The molecule has 0 saturated carbocycles. The van der Waals surface area contributed by atoms with Crippen molar-refractivity contribution in [1.82, 2.24) is 4.90 Å². The SMILES string of the molecule is Nc1ccc(OCCCN2CCCS(=O)(=O)CC2)cc1. The second-order valence-corrected chi connectivity index (χ2v) is 7.42. The molecule has 0 radical (unpaired) electrons. The molecule has 1 aromatic carbocycles. The van der Waals surface area contributed by atoms with Crippen LogP contribution in [0.4, 0.5) is 5.69 Å². The number of nitrogens with two attached hydrogens (primary N) is 1. The summed E-state index contributed by atoms with van der Waals surface area (Å²) in [5.74, 6) is 1.43. The number of ether oxygens (including phenoxy) is 1. The Kier molecular flexibility index (Phi) is 5.25. The van der Waals surface area contributed by atoms with Gasteiger partial charge in [0.25, 0.3) is 0 Å². The summed E-state index contributed by atoms with van der Waals surface area (Å²) in [6.07, 6.45) is 1.63. The van der Waals surface area contributed by atoms with Gasteiger partial charge in [0.05, 0.1) is 18.1 Å². The summed E-state index contributed by atoms with van der Waals surface area (Å²) in [6, 6.07) is 7.34. The summed E-state index contributed by atoms with van der Waals surface area (Å²) in [4.78, 5) is 2.21. The average Bonchev–Trinajstić information content (AvgIpc) is 2.58. The maximum atomic E-state index is 11.5. The first-order valence-corrected chi connectivity index (χ1v) is 8.78. The van der Waals surface area contributed by atoms with Crippen molar-refractivity contribution in [2.75, 3.05) is 43.5 Å². The highest BCUT2D eigenvalue weighted by atomic mass is 32.2. The Bertz CT molecular complexity index is 514. The molecule has 20 heavy (non-hydrogen) atoms. The van der Waals surface area contributed by atoms with Crippen LogP contribution in [-0.2, 0) is 9.84 Å². The molecule has 0 unspecified atom stereocenters. The Labute approximate surface area is 120 Å². The highest BCUT2D eigenvalue weighted by Crippen LogP contribution is 2.13. The lowest BCUT2D eigenvalue weighted by molar-refractivity contribution is 0.245. The minimum atomic E-state index is -2.81. The highest BCUT2D eigenvalue weighted by molar-refractivity contribution is 7.91. The zero-order valence-corrected chi connectivity index (χ0v) is 12.4. The fourth-order valence-corrected chi connectivity index (χ4v) is 3.57. The molecule has 6 heteroatoms. The summed E-state index contributed by atoms with van der Waals surface area (Å²) in [5, 5.41) is 0. The van der Waals surface area contributed by atoms with Gasteiger partial charge in [-0.05, 0) is 43.7 Å². The van der Waals surface area contributed by atoms with E-state index < -0.39 is 9.84 Å². The molecule has 2 N–H and O–H groups in total. The van der Waals surface area contributed by atoms with E-state index in [0.29, 0.717) is 18.9 Å². The van der Waals surface area contributed by atoms with Crippen LogP contribution in [0.5, 0.6) is 5.75 Å². The lowest BCUT2D eigenvalue weighted by atomic mass is 10.3. The topological polar surface area (TPSA) is 72.6 Å². The molecule has 2 rings (SSSR count). The Morgan fingerprint density at radius 2 is 1.90 bits per heavy atom. The molecule has 0 spiro atoms. The predicted octanol–water partition coefficient (Wildman–Crippen LogP) is 1.16. The maximum Gasteiger partial charge on any atom is 0.151 e. The Balaban J connectivity index is 1.67. The molecule has 112 valence electrons. The zero-order valence-electron chi connectivity index (χ0n) is 11.6. The van der Waals surface area contributed by atoms with Crippen LogP contribution in [0.15, 0.2) is 24.3 Å². The molecule has 1 saturated heterocycles. The molecule has 0 bridgehead atoms. The number of sulfone groups is 1. The number of anilines is 1. The fraction of sp³-hybridized carbons (Fsp3) is 0.571. The third kappa shape index (κ3) is 5.02. The van der Waals surface area contributed by atoms with Gasteiger partial charge in [-0.3, -0.25) is 0 Å². The minimum absolute atomic E-state index is 0.284. The first-order chi connectivity index (χ1) is 9.55. The van der Waals surface area contributed by atoms with Crippen molar-refractivity contribution in [2.24, 2.45) is 0 Å². The van der Waals surface area contributed by atoms with Gasteiger partial charge in [0.1, 0.15) is 5.75 Å². The highest BCUT2D eigenvalue weighted by Gasteiger charge is 2.18. The molecule has 5 nitrogen and oxygen atoms in total. The molecule has 0 aliphatic carbocycles. The van der Waals surface area contributed by atoms with E-state index in [1.54, 1.807) is 0 Å². The van der Waals surface area contributed by atoms with Crippen LogP contribution >= 0.6 is 0 Å². The van der Waals surface area contributed by atoms with Gasteiger partial charge in [0.15, 0.2) is 9.84 Å². The number of nitrogen functional groups attached to an aromatic ring is 1. The second kappa shape index (κ2) is 6.95. The normalized spacial score (nSPS) is 19.4. The van der Waals surface area contributed by atoms with Crippen molar-refractivity contribution in [3.05, 3.63) is 24.3 Å². The molecule has 0 atom stereocenters. The van der Waals surface area contributed by atoms with Crippen molar-refractivity contribution in [1.29, 1.82) is 0 Å². The molecule has 0 aromatic heterocycles. The minimum Gasteiger partial charge on any atom is -0.494 e. The quantitative estimate of drug-likeness (QED) is 0.652. The van der Waals surface area contributed by atoms with Crippen molar-refractivity contribution < 1.29 is 13.2 Å². The van der Waals surface area contributed by atoms with Gasteiger partial charge in [-0.1, -0.05) is 0 Å². The van der Waals surface area contributed by atoms with Gasteiger partial charge < -0.3 is 15.4 Å². The largest absolute Gasteiger partial charge is 0.494 e. The molecule has 1 heterocycles. The van der Waals surface area contributed by atoms with Gasteiger partial charge in [-0.25, -0.2) is 8.42 Å². The lowest BCUT2D eigenvalue weighted by Gasteiger charge is -2.18. The van der Waals surface area contributed by atoms with Gasteiger partial charge in [0, 0.05) is 18.8 Å². The molecule has 1 fully saturated rings. The lowest BCUT2D eigenvalue weighted by Crippen LogP contribution is -2.29. The summed E-state index contributed by atoms with van der Waals surface area (Å²) in [6.45, 7) is 3.02. The van der Waals surface area contributed by atoms with Crippen molar-refractivity contribution in [2.45, 2.75) is 12.8 Å². The van der Waals surface area contributed by atoms with Crippen molar-refractivity contribution in [3.63, 3.8) is 0 Å². The third-order valence-corrected chi connectivity index (χ3v) is 5.13. The zero-order chi connectivity index (χ0) is 14.4. The summed E-state index contributed by atoms with van der Waals surface area (Å²) < 4.78 is 28.6. The smallest absolute Gasteiger partial charge is 0.151 e. The van der Waals surface area contributed by atoms with Crippen LogP contribution in [0, 0.1) is 0 Å². The van der Waals surface area contributed by atoms with Crippen LogP contribution in [0.2, 0.25) is 0 Å². The van der Waals surface area contributed by atoms with Gasteiger partial charge in [0.2, 0.25) is 0 Å². The van der Waals surface area contributed by atoms with E-state index in [1.165, 1.54) is 0 Å². The van der Waals surface area contributed by atoms with Crippen LogP contribution in [-0.4, -0.2) is 51.1 Å². The monoisotopic (exact) mass is 298 g/mol. The summed E-state index contributed by atoms with van der Waals surface area (Å²) >= 11 is 0.